The molecule has 2 heterocycles. The van der Waals surface area contributed by atoms with Gasteiger partial charge in [0.25, 0.3) is 0 Å². The number of benzene rings is 2. The molecule has 1 aliphatic rings. The van der Waals surface area contributed by atoms with Gasteiger partial charge in [0.2, 0.25) is 0 Å². The van der Waals surface area contributed by atoms with Gasteiger partial charge in [-0.15, -0.1) is 0 Å². The van der Waals surface area contributed by atoms with E-state index in [4.69, 9.17) is 16.3 Å². The SMILES string of the molecule is O=C(O)c1cc(-c2ccc(-c3ccc(Cl)cc3)cn2)ccc1OCCN1CCCC1. The fourth-order valence-corrected chi connectivity index (χ4v) is 3.78. The Morgan fingerprint density at radius 3 is 2.37 bits per heavy atom. The Kier molecular flexibility index (Phi) is 6.31. The zero-order valence-electron chi connectivity index (χ0n) is 16.6. The number of hydrogen-bond donors (Lipinski definition) is 1. The van der Waals surface area contributed by atoms with Crippen LogP contribution in [-0.4, -0.2) is 47.2 Å². The van der Waals surface area contributed by atoms with E-state index in [2.05, 4.69) is 9.88 Å². The summed E-state index contributed by atoms with van der Waals surface area (Å²) in [6, 6.07) is 16.6. The van der Waals surface area contributed by atoms with E-state index in [1.165, 1.54) is 12.8 Å². The molecule has 6 heteroatoms. The van der Waals surface area contributed by atoms with Crippen LogP contribution in [0.3, 0.4) is 0 Å². The molecule has 0 unspecified atom stereocenters. The highest BCUT2D eigenvalue weighted by Crippen LogP contribution is 2.28. The first kappa shape index (κ1) is 20.4. The van der Waals surface area contributed by atoms with E-state index in [1.807, 2.05) is 42.5 Å². The fourth-order valence-electron chi connectivity index (χ4n) is 3.65. The first-order valence-electron chi connectivity index (χ1n) is 10.0. The van der Waals surface area contributed by atoms with E-state index in [0.29, 0.717) is 23.1 Å². The molecule has 30 heavy (non-hydrogen) atoms. The second kappa shape index (κ2) is 9.28. The Bertz CT molecular complexity index is 1010. The standard InChI is InChI=1S/C24H23ClN2O3/c25-20-7-3-17(4-8-20)19-5-9-22(26-16-19)18-6-10-23(21(15-18)24(28)29)30-14-13-27-11-1-2-12-27/h3-10,15-16H,1-2,11-14H2,(H,28,29). The van der Waals surface area contributed by atoms with Crippen molar-refractivity contribution in [2.45, 2.75) is 12.8 Å². The molecule has 1 aliphatic heterocycles. The lowest BCUT2D eigenvalue weighted by Gasteiger charge is -2.16. The van der Waals surface area contributed by atoms with Crippen LogP contribution in [0.2, 0.25) is 5.02 Å². The van der Waals surface area contributed by atoms with Crippen LogP contribution in [0, 0.1) is 0 Å². The van der Waals surface area contributed by atoms with Gasteiger partial charge in [0.15, 0.2) is 0 Å². The van der Waals surface area contributed by atoms with Crippen molar-refractivity contribution in [3.8, 4) is 28.1 Å². The Labute approximate surface area is 180 Å². The van der Waals surface area contributed by atoms with Gasteiger partial charge in [0.05, 0.1) is 5.69 Å². The van der Waals surface area contributed by atoms with Crippen molar-refractivity contribution in [1.82, 2.24) is 9.88 Å². The smallest absolute Gasteiger partial charge is 0.339 e. The van der Waals surface area contributed by atoms with Crippen molar-refractivity contribution in [2.24, 2.45) is 0 Å². The van der Waals surface area contributed by atoms with Crippen LogP contribution in [0.15, 0.2) is 60.8 Å². The number of ether oxygens (including phenoxy) is 1. The maximum Gasteiger partial charge on any atom is 0.339 e. The number of carbonyl (C=O) groups is 1. The summed E-state index contributed by atoms with van der Waals surface area (Å²) in [4.78, 5) is 18.6. The number of hydrogen-bond acceptors (Lipinski definition) is 4. The molecule has 0 amide bonds. The normalized spacial score (nSPS) is 14.0. The van der Waals surface area contributed by atoms with Crippen molar-refractivity contribution in [3.63, 3.8) is 0 Å². The summed E-state index contributed by atoms with van der Waals surface area (Å²) in [7, 11) is 0. The zero-order valence-corrected chi connectivity index (χ0v) is 17.3. The fraction of sp³-hybridized carbons (Fsp3) is 0.250. The van der Waals surface area contributed by atoms with Crippen molar-refractivity contribution in [3.05, 3.63) is 71.4 Å². The number of halogens is 1. The van der Waals surface area contributed by atoms with Crippen LogP contribution in [-0.2, 0) is 0 Å². The molecule has 1 N–H and O–H groups in total. The lowest BCUT2D eigenvalue weighted by atomic mass is 10.0. The monoisotopic (exact) mass is 422 g/mol. The van der Waals surface area contributed by atoms with Crippen molar-refractivity contribution < 1.29 is 14.6 Å². The summed E-state index contributed by atoms with van der Waals surface area (Å²) in [5.74, 6) is -0.617. The molecule has 3 aromatic rings. The quantitative estimate of drug-likeness (QED) is 0.564. The molecule has 1 fully saturated rings. The Morgan fingerprint density at radius 1 is 1.00 bits per heavy atom. The number of rotatable bonds is 7. The second-order valence-corrected chi connectivity index (χ2v) is 7.79. The van der Waals surface area contributed by atoms with Gasteiger partial charge in [-0.3, -0.25) is 9.88 Å². The summed E-state index contributed by atoms with van der Waals surface area (Å²) in [6.07, 6.45) is 4.22. The largest absolute Gasteiger partial charge is 0.491 e. The summed E-state index contributed by atoms with van der Waals surface area (Å²) < 4.78 is 5.78. The number of aromatic carboxylic acids is 1. The van der Waals surface area contributed by atoms with E-state index in [0.717, 1.165) is 36.3 Å². The highest BCUT2D eigenvalue weighted by Gasteiger charge is 2.15. The Morgan fingerprint density at radius 2 is 1.70 bits per heavy atom. The molecule has 2 aromatic carbocycles. The Hall–Kier alpha value is -2.89. The summed E-state index contributed by atoms with van der Waals surface area (Å²) >= 11 is 5.95. The van der Waals surface area contributed by atoms with Crippen molar-refractivity contribution in [1.29, 1.82) is 0 Å². The van der Waals surface area contributed by atoms with Gasteiger partial charge >= 0.3 is 5.97 Å². The first-order chi connectivity index (χ1) is 14.6. The van der Waals surface area contributed by atoms with Gasteiger partial charge in [-0.25, -0.2) is 4.79 Å². The molecule has 0 bridgehead atoms. The summed E-state index contributed by atoms with van der Waals surface area (Å²) in [5, 5.41) is 10.3. The predicted molar refractivity (Wildman–Crippen MR) is 118 cm³/mol. The number of nitrogens with zero attached hydrogens (tertiary/aromatic N) is 2. The molecular formula is C24H23ClN2O3. The summed E-state index contributed by atoms with van der Waals surface area (Å²) in [5.41, 5.74) is 3.58. The molecule has 0 radical (unpaired) electrons. The molecule has 1 aromatic heterocycles. The average molecular weight is 423 g/mol. The number of carboxylic acids is 1. The highest BCUT2D eigenvalue weighted by molar-refractivity contribution is 6.30. The van der Waals surface area contributed by atoms with E-state index < -0.39 is 5.97 Å². The average Bonchev–Trinajstić information content (AvgIpc) is 3.28. The van der Waals surface area contributed by atoms with Gasteiger partial charge < -0.3 is 9.84 Å². The van der Waals surface area contributed by atoms with Gasteiger partial charge in [0.1, 0.15) is 17.9 Å². The number of carboxylic acid groups (broad SMARTS) is 1. The predicted octanol–water partition coefficient (Wildman–Crippen LogP) is 5.24. The molecule has 0 atom stereocenters. The molecular weight excluding hydrogens is 400 g/mol. The summed E-state index contributed by atoms with van der Waals surface area (Å²) in [6.45, 7) is 3.47. The Balaban J connectivity index is 1.50. The highest BCUT2D eigenvalue weighted by atomic mass is 35.5. The minimum absolute atomic E-state index is 0.150. The van der Waals surface area contributed by atoms with Crippen LogP contribution in [0.25, 0.3) is 22.4 Å². The molecule has 0 aliphatic carbocycles. The van der Waals surface area contributed by atoms with Crippen molar-refractivity contribution >= 4 is 17.6 Å². The molecule has 4 rings (SSSR count). The van der Waals surface area contributed by atoms with Gasteiger partial charge in [-0.05, 0) is 67.9 Å². The second-order valence-electron chi connectivity index (χ2n) is 7.35. The van der Waals surface area contributed by atoms with Gasteiger partial charge in [0, 0.05) is 28.9 Å². The number of aromatic nitrogens is 1. The number of pyridine rings is 1. The third-order valence-electron chi connectivity index (χ3n) is 5.31. The maximum absolute atomic E-state index is 11.8. The van der Waals surface area contributed by atoms with E-state index in [-0.39, 0.29) is 5.56 Å². The van der Waals surface area contributed by atoms with Crippen LogP contribution in [0.5, 0.6) is 5.75 Å². The zero-order chi connectivity index (χ0) is 20.9. The van der Waals surface area contributed by atoms with E-state index in [9.17, 15) is 9.90 Å². The molecule has 1 saturated heterocycles. The maximum atomic E-state index is 11.8. The van der Waals surface area contributed by atoms with Gasteiger partial charge in [-0.2, -0.15) is 0 Å². The molecule has 5 nitrogen and oxygen atoms in total. The van der Waals surface area contributed by atoms with Crippen LogP contribution in [0.1, 0.15) is 23.2 Å². The van der Waals surface area contributed by atoms with Gasteiger partial charge in [-0.1, -0.05) is 29.8 Å². The lowest BCUT2D eigenvalue weighted by molar-refractivity contribution is 0.0692. The van der Waals surface area contributed by atoms with Crippen molar-refractivity contribution in [2.75, 3.05) is 26.2 Å². The topological polar surface area (TPSA) is 62.7 Å². The number of likely N-dealkylation sites (tertiary alicyclic amines) is 1. The third-order valence-corrected chi connectivity index (χ3v) is 5.56. The molecule has 0 spiro atoms. The third kappa shape index (κ3) is 4.81. The van der Waals surface area contributed by atoms with Crippen LogP contribution >= 0.6 is 11.6 Å². The lowest BCUT2D eigenvalue weighted by Crippen LogP contribution is -2.25. The van der Waals surface area contributed by atoms with Crippen LogP contribution < -0.4 is 4.74 Å². The minimum atomic E-state index is -1.01. The van der Waals surface area contributed by atoms with E-state index >= 15 is 0 Å². The van der Waals surface area contributed by atoms with Crippen LogP contribution in [0.4, 0.5) is 0 Å². The molecule has 0 saturated carbocycles. The van der Waals surface area contributed by atoms with E-state index in [1.54, 1.807) is 18.3 Å². The molecule has 154 valence electrons. The minimum Gasteiger partial charge on any atom is -0.491 e. The first-order valence-corrected chi connectivity index (χ1v) is 10.4.